The van der Waals surface area contributed by atoms with E-state index in [1.807, 2.05) is 0 Å². The zero-order valence-corrected chi connectivity index (χ0v) is 10.4. The summed E-state index contributed by atoms with van der Waals surface area (Å²) in [6.45, 7) is 4.84. The van der Waals surface area contributed by atoms with Crippen molar-refractivity contribution >= 4 is 0 Å². The van der Waals surface area contributed by atoms with E-state index in [1.54, 1.807) is 0 Å². The quantitative estimate of drug-likeness (QED) is 0.754. The molecule has 2 N–H and O–H groups in total. The fraction of sp³-hybridized carbons (Fsp3) is 1.00. The largest absolute Gasteiger partial charge is 0.388 e. The van der Waals surface area contributed by atoms with Crippen LogP contribution in [-0.2, 0) is 4.74 Å². The van der Waals surface area contributed by atoms with Crippen molar-refractivity contribution in [3.8, 4) is 0 Å². The van der Waals surface area contributed by atoms with Crippen molar-refractivity contribution in [2.45, 2.75) is 57.1 Å². The monoisotopic (exact) mass is 227 g/mol. The van der Waals surface area contributed by atoms with Crippen molar-refractivity contribution in [3.63, 3.8) is 0 Å². The molecule has 2 fully saturated rings. The zero-order chi connectivity index (χ0) is 11.4. The zero-order valence-electron chi connectivity index (χ0n) is 10.4. The SMILES string of the molecule is CCC1CCNC(C2(O)CCCOCC2)C1. The van der Waals surface area contributed by atoms with Crippen LogP contribution in [0.2, 0.25) is 0 Å². The third kappa shape index (κ3) is 2.76. The van der Waals surface area contributed by atoms with Crippen LogP contribution in [0.25, 0.3) is 0 Å². The van der Waals surface area contributed by atoms with E-state index in [-0.39, 0.29) is 6.04 Å². The van der Waals surface area contributed by atoms with Crippen LogP contribution in [-0.4, -0.2) is 36.5 Å². The maximum Gasteiger partial charge on any atom is 0.0822 e. The molecule has 16 heavy (non-hydrogen) atoms. The summed E-state index contributed by atoms with van der Waals surface area (Å²) in [5, 5.41) is 14.3. The molecule has 0 aliphatic carbocycles. The number of piperidine rings is 1. The van der Waals surface area contributed by atoms with Gasteiger partial charge in [0.05, 0.1) is 5.60 Å². The molecule has 0 aromatic carbocycles. The Morgan fingerprint density at radius 1 is 1.38 bits per heavy atom. The lowest BCUT2D eigenvalue weighted by atomic mass is 9.78. The van der Waals surface area contributed by atoms with E-state index < -0.39 is 5.60 Å². The van der Waals surface area contributed by atoms with E-state index in [0.29, 0.717) is 6.61 Å². The highest BCUT2D eigenvalue weighted by atomic mass is 16.5. The van der Waals surface area contributed by atoms with E-state index in [0.717, 1.165) is 44.8 Å². The second kappa shape index (κ2) is 5.48. The standard InChI is InChI=1S/C13H25NO2/c1-2-11-4-7-14-12(10-11)13(15)5-3-8-16-9-6-13/h11-12,14-15H,2-10H2,1H3. The number of rotatable bonds is 2. The van der Waals surface area contributed by atoms with Crippen molar-refractivity contribution < 1.29 is 9.84 Å². The normalized spacial score (nSPS) is 41.6. The first kappa shape index (κ1) is 12.3. The first-order valence-corrected chi connectivity index (χ1v) is 6.78. The minimum absolute atomic E-state index is 0.285. The van der Waals surface area contributed by atoms with E-state index in [2.05, 4.69) is 12.2 Å². The predicted octanol–water partition coefficient (Wildman–Crippen LogP) is 1.70. The number of nitrogens with one attached hydrogen (secondary N) is 1. The molecule has 2 aliphatic rings. The second-order valence-electron chi connectivity index (χ2n) is 5.37. The van der Waals surface area contributed by atoms with Gasteiger partial charge in [-0.1, -0.05) is 13.3 Å². The van der Waals surface area contributed by atoms with Gasteiger partial charge in [-0.05, 0) is 38.1 Å². The van der Waals surface area contributed by atoms with Crippen LogP contribution in [0.5, 0.6) is 0 Å². The van der Waals surface area contributed by atoms with Crippen LogP contribution < -0.4 is 5.32 Å². The average molecular weight is 227 g/mol. The third-order valence-corrected chi connectivity index (χ3v) is 4.32. The Bertz CT molecular complexity index is 212. The van der Waals surface area contributed by atoms with Gasteiger partial charge in [0, 0.05) is 25.7 Å². The van der Waals surface area contributed by atoms with Crippen LogP contribution in [0.1, 0.15) is 45.4 Å². The summed E-state index contributed by atoms with van der Waals surface area (Å²) < 4.78 is 5.45. The molecule has 3 unspecified atom stereocenters. The topological polar surface area (TPSA) is 41.5 Å². The summed E-state index contributed by atoms with van der Waals surface area (Å²) in [4.78, 5) is 0. The molecule has 0 radical (unpaired) electrons. The Morgan fingerprint density at radius 3 is 3.06 bits per heavy atom. The Hall–Kier alpha value is -0.120. The molecule has 2 saturated heterocycles. The fourth-order valence-corrected chi connectivity index (χ4v) is 3.08. The Morgan fingerprint density at radius 2 is 2.25 bits per heavy atom. The lowest BCUT2D eigenvalue weighted by Crippen LogP contribution is -2.54. The van der Waals surface area contributed by atoms with Gasteiger partial charge in [0.2, 0.25) is 0 Å². The van der Waals surface area contributed by atoms with Gasteiger partial charge in [0.1, 0.15) is 0 Å². The van der Waals surface area contributed by atoms with Crippen LogP contribution in [0, 0.1) is 5.92 Å². The van der Waals surface area contributed by atoms with Crippen molar-refractivity contribution in [1.29, 1.82) is 0 Å². The van der Waals surface area contributed by atoms with Crippen molar-refractivity contribution in [3.05, 3.63) is 0 Å². The first-order valence-electron chi connectivity index (χ1n) is 6.78. The second-order valence-corrected chi connectivity index (χ2v) is 5.37. The number of ether oxygens (including phenoxy) is 1. The smallest absolute Gasteiger partial charge is 0.0822 e. The molecular formula is C13H25NO2. The highest BCUT2D eigenvalue weighted by Gasteiger charge is 2.39. The molecule has 2 heterocycles. The third-order valence-electron chi connectivity index (χ3n) is 4.32. The van der Waals surface area contributed by atoms with Gasteiger partial charge in [-0.3, -0.25) is 0 Å². The maximum atomic E-state index is 10.7. The van der Waals surface area contributed by atoms with Crippen molar-refractivity contribution in [2.24, 2.45) is 5.92 Å². The van der Waals surface area contributed by atoms with Gasteiger partial charge in [0.25, 0.3) is 0 Å². The van der Waals surface area contributed by atoms with Gasteiger partial charge < -0.3 is 15.2 Å². The van der Waals surface area contributed by atoms with E-state index >= 15 is 0 Å². The van der Waals surface area contributed by atoms with Crippen molar-refractivity contribution in [2.75, 3.05) is 19.8 Å². The van der Waals surface area contributed by atoms with Gasteiger partial charge in [0.15, 0.2) is 0 Å². The molecule has 2 rings (SSSR count). The molecule has 0 amide bonds. The number of hydrogen-bond donors (Lipinski definition) is 2. The molecule has 3 atom stereocenters. The van der Waals surface area contributed by atoms with Crippen LogP contribution >= 0.6 is 0 Å². The summed E-state index contributed by atoms with van der Waals surface area (Å²) >= 11 is 0. The summed E-state index contributed by atoms with van der Waals surface area (Å²) in [6, 6.07) is 0.285. The highest BCUT2D eigenvalue weighted by molar-refractivity contribution is 4.95. The Balaban J connectivity index is 1.97. The summed E-state index contributed by atoms with van der Waals surface area (Å²) in [5.41, 5.74) is -0.523. The first-order chi connectivity index (χ1) is 7.74. The lowest BCUT2D eigenvalue weighted by molar-refractivity contribution is -0.0307. The van der Waals surface area contributed by atoms with Crippen LogP contribution in [0.3, 0.4) is 0 Å². The lowest BCUT2D eigenvalue weighted by Gasteiger charge is -2.41. The summed E-state index contributed by atoms with van der Waals surface area (Å²) in [6.07, 6.45) is 6.31. The molecule has 0 bridgehead atoms. The van der Waals surface area contributed by atoms with E-state index in [9.17, 15) is 5.11 Å². The Kier molecular flexibility index (Phi) is 4.22. The predicted molar refractivity (Wildman–Crippen MR) is 64.4 cm³/mol. The van der Waals surface area contributed by atoms with Gasteiger partial charge in [-0.2, -0.15) is 0 Å². The summed E-state index contributed by atoms with van der Waals surface area (Å²) in [7, 11) is 0. The fourth-order valence-electron chi connectivity index (χ4n) is 3.08. The van der Waals surface area contributed by atoms with Gasteiger partial charge >= 0.3 is 0 Å². The maximum absolute atomic E-state index is 10.7. The molecule has 0 aromatic rings. The van der Waals surface area contributed by atoms with Crippen molar-refractivity contribution in [1.82, 2.24) is 5.32 Å². The number of hydrogen-bond acceptors (Lipinski definition) is 3. The van der Waals surface area contributed by atoms with Crippen LogP contribution in [0.15, 0.2) is 0 Å². The number of aliphatic hydroxyl groups is 1. The minimum atomic E-state index is -0.523. The van der Waals surface area contributed by atoms with E-state index in [4.69, 9.17) is 4.74 Å². The molecule has 94 valence electrons. The molecule has 0 saturated carbocycles. The minimum Gasteiger partial charge on any atom is -0.388 e. The average Bonchev–Trinajstić information content (AvgIpc) is 2.55. The van der Waals surface area contributed by atoms with E-state index in [1.165, 1.54) is 12.8 Å². The Labute approximate surface area is 98.6 Å². The van der Waals surface area contributed by atoms with Gasteiger partial charge in [-0.15, -0.1) is 0 Å². The summed E-state index contributed by atoms with van der Waals surface area (Å²) in [5.74, 6) is 0.791. The molecule has 0 spiro atoms. The van der Waals surface area contributed by atoms with Crippen LogP contribution in [0.4, 0.5) is 0 Å². The molecular weight excluding hydrogens is 202 g/mol. The molecule has 3 nitrogen and oxygen atoms in total. The molecule has 2 aliphatic heterocycles. The highest BCUT2D eigenvalue weighted by Crippen LogP contribution is 2.32. The van der Waals surface area contributed by atoms with Gasteiger partial charge in [-0.25, -0.2) is 0 Å². The molecule has 3 heteroatoms. The molecule has 0 aromatic heterocycles.